The van der Waals surface area contributed by atoms with Crippen LogP contribution in [0.25, 0.3) is 0 Å². The second kappa shape index (κ2) is 6.09. The third kappa shape index (κ3) is 2.56. The highest BCUT2D eigenvalue weighted by atomic mass is 32.1. The largest absolute Gasteiger partial charge is 0.335 e. The predicted octanol–water partition coefficient (Wildman–Crippen LogP) is 2.07. The summed E-state index contributed by atoms with van der Waals surface area (Å²) >= 11 is 1.73. The number of likely N-dealkylation sites (N-methyl/N-ethyl adjacent to an activating group) is 1. The molecule has 1 aromatic carbocycles. The van der Waals surface area contributed by atoms with Gasteiger partial charge in [0.05, 0.1) is 12.7 Å². The Hall–Kier alpha value is -2.51. The maximum atomic E-state index is 12.2. The standard InChI is InChI=1S/C18H17N3O3S/c1-19-16(22)17(23)21(18(19)24)11-20-9-7-14-13(8-10-25-14)15(20)12-5-3-2-4-6-12/h2-6,8,10,15H,7,9,11H2,1H3. The Morgan fingerprint density at radius 1 is 1.08 bits per heavy atom. The maximum absolute atomic E-state index is 12.2. The van der Waals surface area contributed by atoms with Crippen LogP contribution < -0.4 is 0 Å². The average Bonchev–Trinajstić information content (AvgIpc) is 3.18. The summed E-state index contributed by atoms with van der Waals surface area (Å²) in [6, 6.07) is 11.6. The summed E-state index contributed by atoms with van der Waals surface area (Å²) in [7, 11) is 1.34. The highest BCUT2D eigenvalue weighted by Gasteiger charge is 2.44. The van der Waals surface area contributed by atoms with Crippen LogP contribution in [0.2, 0.25) is 0 Å². The minimum atomic E-state index is -0.769. The van der Waals surface area contributed by atoms with Crippen LogP contribution in [-0.4, -0.2) is 52.8 Å². The van der Waals surface area contributed by atoms with E-state index in [2.05, 4.69) is 28.5 Å². The van der Waals surface area contributed by atoms with E-state index in [0.717, 1.165) is 28.3 Å². The molecular formula is C18H17N3O3S. The molecule has 2 aliphatic rings. The van der Waals surface area contributed by atoms with Gasteiger partial charge in [0, 0.05) is 18.5 Å². The summed E-state index contributed by atoms with van der Waals surface area (Å²) in [6.45, 7) is 0.838. The number of thiophene rings is 1. The van der Waals surface area contributed by atoms with Crippen LogP contribution in [0.4, 0.5) is 4.79 Å². The first-order valence-corrected chi connectivity index (χ1v) is 8.94. The fraction of sp³-hybridized carbons (Fsp3) is 0.278. The van der Waals surface area contributed by atoms with Crippen molar-refractivity contribution in [3.05, 3.63) is 57.8 Å². The fourth-order valence-electron chi connectivity index (χ4n) is 3.47. The predicted molar refractivity (Wildman–Crippen MR) is 92.9 cm³/mol. The minimum Gasteiger partial charge on any atom is -0.274 e. The quantitative estimate of drug-likeness (QED) is 0.625. The van der Waals surface area contributed by atoms with Crippen LogP contribution in [0.15, 0.2) is 41.8 Å². The van der Waals surface area contributed by atoms with Crippen LogP contribution in [0.1, 0.15) is 22.0 Å². The SMILES string of the molecule is CN1C(=O)C(=O)N(CN2CCc3sccc3C2c2ccccc2)C1=O. The van der Waals surface area contributed by atoms with E-state index in [4.69, 9.17) is 0 Å². The first-order valence-electron chi connectivity index (χ1n) is 8.06. The Balaban J connectivity index is 1.68. The van der Waals surface area contributed by atoms with Crippen LogP contribution in [0.5, 0.6) is 0 Å². The lowest BCUT2D eigenvalue weighted by atomic mass is 9.94. The lowest BCUT2D eigenvalue weighted by molar-refractivity contribution is -0.143. The van der Waals surface area contributed by atoms with Crippen LogP contribution in [0, 0.1) is 0 Å². The lowest BCUT2D eigenvalue weighted by Crippen LogP contribution is -2.46. The van der Waals surface area contributed by atoms with Crippen molar-refractivity contribution < 1.29 is 14.4 Å². The highest BCUT2D eigenvalue weighted by molar-refractivity contribution is 7.10. The van der Waals surface area contributed by atoms with Crippen molar-refractivity contribution >= 4 is 29.2 Å². The number of carbonyl (C=O) groups is 3. The molecule has 1 saturated heterocycles. The molecule has 1 aromatic heterocycles. The average molecular weight is 355 g/mol. The van der Waals surface area contributed by atoms with Crippen LogP contribution >= 0.6 is 11.3 Å². The van der Waals surface area contributed by atoms with E-state index in [-0.39, 0.29) is 12.7 Å². The third-order valence-electron chi connectivity index (χ3n) is 4.75. The van der Waals surface area contributed by atoms with Gasteiger partial charge in [-0.15, -0.1) is 11.3 Å². The van der Waals surface area contributed by atoms with Crippen molar-refractivity contribution in [3.8, 4) is 0 Å². The number of carbonyl (C=O) groups excluding carboxylic acids is 3. The molecule has 0 spiro atoms. The number of urea groups is 1. The zero-order valence-corrected chi connectivity index (χ0v) is 14.5. The molecule has 25 heavy (non-hydrogen) atoms. The summed E-state index contributed by atoms with van der Waals surface area (Å²) in [5.74, 6) is -1.52. The molecule has 0 aliphatic carbocycles. The van der Waals surface area contributed by atoms with Gasteiger partial charge in [-0.25, -0.2) is 9.69 Å². The van der Waals surface area contributed by atoms with E-state index in [1.807, 2.05) is 18.2 Å². The van der Waals surface area contributed by atoms with Crippen LogP contribution in [-0.2, 0) is 16.0 Å². The molecule has 3 heterocycles. The number of hydrogen-bond donors (Lipinski definition) is 0. The van der Waals surface area contributed by atoms with Gasteiger partial charge in [-0.1, -0.05) is 30.3 Å². The van der Waals surface area contributed by atoms with Gasteiger partial charge >= 0.3 is 17.8 Å². The number of rotatable bonds is 3. The number of imide groups is 2. The Morgan fingerprint density at radius 3 is 2.52 bits per heavy atom. The zero-order chi connectivity index (χ0) is 17.6. The normalized spacial score (nSPS) is 21.2. The van der Waals surface area contributed by atoms with E-state index in [9.17, 15) is 14.4 Å². The summed E-state index contributed by atoms with van der Waals surface area (Å²) in [6.07, 6.45) is 0.871. The molecule has 0 saturated carbocycles. The van der Waals surface area contributed by atoms with E-state index in [1.54, 1.807) is 11.3 Å². The molecule has 1 atom stereocenters. The fourth-order valence-corrected chi connectivity index (χ4v) is 4.37. The molecule has 2 aromatic rings. The van der Waals surface area contributed by atoms with Gasteiger partial charge in [0.25, 0.3) is 0 Å². The second-order valence-electron chi connectivity index (χ2n) is 6.20. The zero-order valence-electron chi connectivity index (χ0n) is 13.7. The third-order valence-corrected chi connectivity index (χ3v) is 5.75. The van der Waals surface area contributed by atoms with Crippen molar-refractivity contribution in [2.75, 3.05) is 20.3 Å². The van der Waals surface area contributed by atoms with Gasteiger partial charge in [0.1, 0.15) is 0 Å². The van der Waals surface area contributed by atoms with E-state index in [0.29, 0.717) is 0 Å². The number of nitrogens with zero attached hydrogens (tertiary/aromatic N) is 3. The molecule has 0 bridgehead atoms. The molecule has 4 rings (SSSR count). The van der Waals surface area contributed by atoms with Gasteiger partial charge in [-0.05, 0) is 29.0 Å². The van der Waals surface area contributed by atoms with E-state index in [1.165, 1.54) is 17.5 Å². The molecule has 2 aliphatic heterocycles. The second-order valence-corrected chi connectivity index (χ2v) is 7.20. The Labute approximate surface area is 149 Å². The summed E-state index contributed by atoms with van der Waals surface area (Å²) in [5, 5.41) is 2.08. The van der Waals surface area contributed by atoms with Crippen molar-refractivity contribution in [3.63, 3.8) is 0 Å². The van der Waals surface area contributed by atoms with Crippen molar-refractivity contribution in [1.82, 2.24) is 14.7 Å². The van der Waals surface area contributed by atoms with Crippen LogP contribution in [0.3, 0.4) is 0 Å². The first-order chi connectivity index (χ1) is 12.1. The molecular weight excluding hydrogens is 338 g/mol. The Bertz CT molecular complexity index is 848. The summed E-state index contributed by atoms with van der Waals surface area (Å²) in [4.78, 5) is 41.5. The highest BCUT2D eigenvalue weighted by Crippen LogP contribution is 2.37. The van der Waals surface area contributed by atoms with Gasteiger partial charge in [0.2, 0.25) is 0 Å². The molecule has 4 amide bonds. The monoisotopic (exact) mass is 355 g/mol. The van der Waals surface area contributed by atoms with Gasteiger partial charge in [-0.3, -0.25) is 19.4 Å². The van der Waals surface area contributed by atoms with E-state index >= 15 is 0 Å². The van der Waals surface area contributed by atoms with Crippen molar-refractivity contribution in [2.24, 2.45) is 0 Å². The first kappa shape index (κ1) is 16.0. The summed E-state index contributed by atoms with van der Waals surface area (Å²) < 4.78 is 0. The molecule has 1 unspecified atom stereocenters. The van der Waals surface area contributed by atoms with Gasteiger partial charge in [-0.2, -0.15) is 0 Å². The smallest absolute Gasteiger partial charge is 0.274 e. The Morgan fingerprint density at radius 2 is 1.84 bits per heavy atom. The Kier molecular flexibility index (Phi) is 3.89. The number of hydrogen-bond acceptors (Lipinski definition) is 5. The molecule has 0 N–H and O–H groups in total. The van der Waals surface area contributed by atoms with E-state index < -0.39 is 17.8 Å². The number of amides is 4. The summed E-state index contributed by atoms with van der Waals surface area (Å²) in [5.41, 5.74) is 2.32. The maximum Gasteiger partial charge on any atom is 0.335 e. The molecule has 0 radical (unpaired) electrons. The van der Waals surface area contributed by atoms with Crippen molar-refractivity contribution in [1.29, 1.82) is 0 Å². The molecule has 7 heteroatoms. The number of benzene rings is 1. The molecule has 6 nitrogen and oxygen atoms in total. The minimum absolute atomic E-state index is 0.0298. The molecule has 128 valence electrons. The molecule has 1 fully saturated rings. The lowest BCUT2D eigenvalue weighted by Gasteiger charge is -2.37. The van der Waals surface area contributed by atoms with Gasteiger partial charge < -0.3 is 0 Å². The number of fused-ring (bicyclic) bond motifs is 1. The topological polar surface area (TPSA) is 60.9 Å². The van der Waals surface area contributed by atoms with Gasteiger partial charge in [0.15, 0.2) is 0 Å². The van der Waals surface area contributed by atoms with Crippen molar-refractivity contribution in [2.45, 2.75) is 12.5 Å².